The van der Waals surface area contributed by atoms with Crippen molar-refractivity contribution in [1.82, 2.24) is 20.2 Å². The van der Waals surface area contributed by atoms with Gasteiger partial charge in [0.2, 0.25) is 11.8 Å². The number of rotatable bonds is 12. The van der Waals surface area contributed by atoms with Gasteiger partial charge in [0.15, 0.2) is 0 Å². The molecule has 2 N–H and O–H groups in total. The third-order valence-corrected chi connectivity index (χ3v) is 11.8. The van der Waals surface area contributed by atoms with Crippen LogP contribution in [0.5, 0.6) is 0 Å². The summed E-state index contributed by atoms with van der Waals surface area (Å²) in [5.41, 5.74) is 1.06. The number of fused-ring (bicyclic) bond motifs is 1. The standard InChI is InChI=1S/C33H46N4O3S/c1-21(33-18-23-15-24(19-33)17-25(16-23)20-33)34-13-6-4-3-5-7-14-41-28-10-8-9-26-30(28)32(40)37(22(2)35-26)27-11-12-29(38)36-31(27)39/h8-10,21,23-25,27,34H,3-7,11-20H2,1-2H3,(H,36,38,39)/t21-,23?,24?,25?,27-,33?/m0/s1. The molecule has 2 amide bonds. The molecular weight excluding hydrogens is 532 g/mol. The van der Waals surface area contributed by atoms with E-state index in [4.69, 9.17) is 0 Å². The Bertz CT molecular complexity index is 1320. The van der Waals surface area contributed by atoms with Crippen molar-refractivity contribution in [1.29, 1.82) is 0 Å². The number of hydrogen-bond acceptors (Lipinski definition) is 6. The van der Waals surface area contributed by atoms with E-state index in [2.05, 4.69) is 22.5 Å². The van der Waals surface area contributed by atoms with Gasteiger partial charge in [0.25, 0.3) is 5.56 Å². The number of carbonyl (C=O) groups excluding carboxylic acids is 2. The van der Waals surface area contributed by atoms with Gasteiger partial charge in [-0.05, 0) is 119 Å². The van der Waals surface area contributed by atoms with E-state index in [9.17, 15) is 14.4 Å². The Labute approximate surface area is 248 Å². The van der Waals surface area contributed by atoms with Crippen molar-refractivity contribution >= 4 is 34.5 Å². The molecule has 2 heterocycles. The largest absolute Gasteiger partial charge is 0.314 e. The highest BCUT2D eigenvalue weighted by Gasteiger charge is 2.52. The van der Waals surface area contributed by atoms with Gasteiger partial charge in [-0.1, -0.05) is 25.3 Å². The van der Waals surface area contributed by atoms with E-state index in [1.54, 1.807) is 18.7 Å². The zero-order valence-corrected chi connectivity index (χ0v) is 25.6. The molecule has 2 aromatic rings. The minimum atomic E-state index is -0.694. The molecule has 4 aliphatic carbocycles. The third-order valence-electron chi connectivity index (χ3n) is 10.6. The monoisotopic (exact) mass is 578 g/mol. The van der Waals surface area contributed by atoms with Crippen LogP contribution in [0.25, 0.3) is 10.9 Å². The molecule has 4 bridgehead atoms. The average molecular weight is 579 g/mol. The quantitative estimate of drug-likeness (QED) is 0.185. The van der Waals surface area contributed by atoms with Crippen molar-refractivity contribution in [2.24, 2.45) is 23.2 Å². The van der Waals surface area contributed by atoms with Crippen LogP contribution in [0.15, 0.2) is 27.9 Å². The summed E-state index contributed by atoms with van der Waals surface area (Å²) >= 11 is 1.71. The molecule has 7 rings (SSSR count). The minimum absolute atomic E-state index is 0.194. The zero-order valence-electron chi connectivity index (χ0n) is 24.8. The van der Waals surface area contributed by atoms with E-state index in [1.165, 1.54) is 68.8 Å². The molecule has 41 heavy (non-hydrogen) atoms. The van der Waals surface area contributed by atoms with Crippen LogP contribution in [0.1, 0.15) is 102 Å². The number of thioether (sulfide) groups is 1. The van der Waals surface area contributed by atoms with Gasteiger partial charge in [-0.3, -0.25) is 24.3 Å². The van der Waals surface area contributed by atoms with Crippen LogP contribution < -0.4 is 16.2 Å². The van der Waals surface area contributed by atoms with Crippen LogP contribution in [-0.2, 0) is 9.59 Å². The second-order valence-corrected chi connectivity index (χ2v) is 14.7. The molecule has 1 aliphatic heterocycles. The van der Waals surface area contributed by atoms with Crippen LogP contribution in [0, 0.1) is 30.1 Å². The van der Waals surface area contributed by atoms with Crippen molar-refractivity contribution in [2.45, 2.75) is 114 Å². The lowest BCUT2D eigenvalue weighted by Gasteiger charge is -2.59. The van der Waals surface area contributed by atoms with Gasteiger partial charge in [0.1, 0.15) is 11.9 Å². The molecule has 0 spiro atoms. The Hall–Kier alpha value is -2.19. The van der Waals surface area contributed by atoms with Crippen LogP contribution >= 0.6 is 11.8 Å². The van der Waals surface area contributed by atoms with Crippen LogP contribution in [0.3, 0.4) is 0 Å². The highest BCUT2D eigenvalue weighted by atomic mass is 32.2. The van der Waals surface area contributed by atoms with Gasteiger partial charge in [-0.2, -0.15) is 0 Å². The fraction of sp³-hybridized carbons (Fsp3) is 0.697. The Morgan fingerprint density at radius 2 is 1.71 bits per heavy atom. The molecule has 5 aliphatic rings. The molecule has 0 unspecified atom stereocenters. The van der Waals surface area contributed by atoms with Crippen molar-refractivity contribution < 1.29 is 9.59 Å². The lowest BCUT2D eigenvalue weighted by molar-refractivity contribution is -0.135. The highest BCUT2D eigenvalue weighted by Crippen LogP contribution is 2.61. The van der Waals surface area contributed by atoms with Crippen molar-refractivity contribution in [3.8, 4) is 0 Å². The highest BCUT2D eigenvalue weighted by molar-refractivity contribution is 7.99. The van der Waals surface area contributed by atoms with Gasteiger partial charge in [0, 0.05) is 17.4 Å². The first-order valence-electron chi connectivity index (χ1n) is 16.0. The van der Waals surface area contributed by atoms with Crippen LogP contribution in [0.2, 0.25) is 0 Å². The zero-order chi connectivity index (χ0) is 28.6. The maximum atomic E-state index is 13.6. The first kappa shape index (κ1) is 28.9. The molecule has 1 saturated heterocycles. The first-order chi connectivity index (χ1) is 19.8. The maximum absolute atomic E-state index is 13.6. The Morgan fingerprint density at radius 1 is 1.02 bits per heavy atom. The van der Waals surface area contributed by atoms with Gasteiger partial charge in [-0.25, -0.2) is 4.98 Å². The van der Waals surface area contributed by atoms with E-state index < -0.39 is 11.9 Å². The minimum Gasteiger partial charge on any atom is -0.314 e. The SMILES string of the molecule is Cc1nc2cccc(SCCCCCCCN[C@@H](C)C34CC5CC(CC(C5)C3)C4)c2c(=O)n1[C@H]1CCC(=O)NC1=O. The number of aryl methyl sites for hydroxylation is 1. The van der Waals surface area contributed by atoms with Gasteiger partial charge >= 0.3 is 0 Å². The average Bonchev–Trinajstić information content (AvgIpc) is 2.92. The van der Waals surface area contributed by atoms with E-state index in [1.807, 2.05) is 18.2 Å². The number of unbranched alkanes of at least 4 members (excludes halogenated alkanes) is 4. The summed E-state index contributed by atoms with van der Waals surface area (Å²) in [6.45, 7) is 5.36. The predicted octanol–water partition coefficient (Wildman–Crippen LogP) is 5.92. The normalized spacial score (nSPS) is 29.7. The van der Waals surface area contributed by atoms with E-state index >= 15 is 0 Å². The molecule has 4 saturated carbocycles. The van der Waals surface area contributed by atoms with E-state index in [0.29, 0.717) is 34.6 Å². The molecule has 0 radical (unpaired) electrons. The summed E-state index contributed by atoms with van der Waals surface area (Å²) in [7, 11) is 0. The number of imide groups is 1. The molecule has 8 heteroatoms. The van der Waals surface area contributed by atoms with Gasteiger partial charge in [0.05, 0.1) is 10.9 Å². The molecule has 222 valence electrons. The molecule has 1 aromatic heterocycles. The smallest absolute Gasteiger partial charge is 0.263 e. The van der Waals surface area contributed by atoms with E-state index in [-0.39, 0.29) is 17.9 Å². The summed E-state index contributed by atoms with van der Waals surface area (Å²) in [6.07, 6.45) is 15.6. The lowest BCUT2D eigenvalue weighted by atomic mass is 9.48. The Morgan fingerprint density at radius 3 is 2.41 bits per heavy atom. The van der Waals surface area contributed by atoms with Crippen molar-refractivity contribution in [3.63, 3.8) is 0 Å². The number of hydrogen-bond donors (Lipinski definition) is 2. The lowest BCUT2D eigenvalue weighted by Crippen LogP contribution is -2.54. The number of amides is 2. The molecule has 1 aromatic carbocycles. The number of nitrogens with zero attached hydrogens (tertiary/aromatic N) is 2. The summed E-state index contributed by atoms with van der Waals surface area (Å²) in [5, 5.41) is 6.88. The third kappa shape index (κ3) is 6.01. The summed E-state index contributed by atoms with van der Waals surface area (Å²) in [6, 6.07) is 5.76. The van der Waals surface area contributed by atoms with Gasteiger partial charge in [-0.15, -0.1) is 11.8 Å². The number of carbonyl (C=O) groups is 2. The van der Waals surface area contributed by atoms with Crippen molar-refractivity contribution in [3.05, 3.63) is 34.4 Å². The summed E-state index contributed by atoms with van der Waals surface area (Å²) in [5.74, 6) is 3.80. The summed E-state index contributed by atoms with van der Waals surface area (Å²) < 4.78 is 1.48. The number of nitrogens with one attached hydrogen (secondary N) is 2. The molecule has 5 fully saturated rings. The summed E-state index contributed by atoms with van der Waals surface area (Å²) in [4.78, 5) is 43.3. The number of aromatic nitrogens is 2. The van der Waals surface area contributed by atoms with Crippen molar-refractivity contribution in [2.75, 3.05) is 12.3 Å². The molecular formula is C33H46N4O3S. The Kier molecular flexibility index (Phi) is 8.60. The number of benzene rings is 1. The van der Waals surface area contributed by atoms with Crippen LogP contribution in [0.4, 0.5) is 0 Å². The van der Waals surface area contributed by atoms with Crippen LogP contribution in [-0.4, -0.2) is 39.7 Å². The molecule has 2 atom stereocenters. The first-order valence-corrected chi connectivity index (χ1v) is 17.0. The second kappa shape index (κ2) is 12.2. The van der Waals surface area contributed by atoms with Gasteiger partial charge < -0.3 is 5.32 Å². The maximum Gasteiger partial charge on any atom is 0.263 e. The molecule has 7 nitrogen and oxygen atoms in total. The Balaban J connectivity index is 0.951. The fourth-order valence-corrected chi connectivity index (χ4v) is 10.0. The predicted molar refractivity (Wildman–Crippen MR) is 164 cm³/mol. The number of piperidine rings is 1. The second-order valence-electron chi connectivity index (χ2n) is 13.5. The fourth-order valence-electron chi connectivity index (χ4n) is 8.92. The van der Waals surface area contributed by atoms with E-state index in [0.717, 1.165) is 41.4 Å². The topological polar surface area (TPSA) is 93.1 Å².